The van der Waals surface area contributed by atoms with Gasteiger partial charge in [-0.15, -0.1) is 0 Å². The Morgan fingerprint density at radius 2 is 2.09 bits per heavy atom. The van der Waals surface area contributed by atoms with Crippen LogP contribution >= 0.6 is 11.6 Å². The summed E-state index contributed by atoms with van der Waals surface area (Å²) in [5.41, 5.74) is 6.08. The highest BCUT2D eigenvalue weighted by atomic mass is 35.5. The van der Waals surface area contributed by atoms with Crippen LogP contribution in [-0.2, 0) is 10.0 Å². The van der Waals surface area contributed by atoms with Gasteiger partial charge in [0.05, 0.1) is 11.1 Å². The normalized spacial score (nSPS) is 23.8. The average Bonchev–Trinajstić information content (AvgIpc) is 2.46. The Bertz CT molecular complexity index is 810. The van der Waals surface area contributed by atoms with Gasteiger partial charge in [0.15, 0.2) is 0 Å². The molecule has 2 atom stereocenters. The number of rotatable bonds is 2. The van der Waals surface area contributed by atoms with E-state index in [1.54, 1.807) is 24.3 Å². The molecule has 2 aromatic rings. The molecule has 0 spiro atoms. The van der Waals surface area contributed by atoms with Crippen LogP contribution in [0.15, 0.2) is 35.4 Å². The number of hydrogen-bond donors (Lipinski definition) is 1. The molecule has 0 saturated carbocycles. The van der Waals surface area contributed by atoms with Crippen molar-refractivity contribution in [1.29, 1.82) is 0 Å². The second-order valence-corrected chi connectivity index (χ2v) is 7.98. The van der Waals surface area contributed by atoms with Crippen molar-refractivity contribution in [2.24, 2.45) is 11.7 Å². The number of nitrogens with two attached hydrogens (primary N) is 1. The van der Waals surface area contributed by atoms with Gasteiger partial charge in [-0.2, -0.15) is 4.31 Å². The zero-order valence-electron chi connectivity index (χ0n) is 12.2. The van der Waals surface area contributed by atoms with Gasteiger partial charge in [0, 0.05) is 23.5 Å². The van der Waals surface area contributed by atoms with Gasteiger partial charge in [0.1, 0.15) is 5.15 Å². The molecule has 2 N–H and O–H groups in total. The second-order valence-electron chi connectivity index (χ2n) is 5.77. The topological polar surface area (TPSA) is 76.3 Å². The third-order valence-electron chi connectivity index (χ3n) is 4.16. The molecule has 2 unspecified atom stereocenters. The van der Waals surface area contributed by atoms with Crippen LogP contribution in [0.5, 0.6) is 0 Å². The monoisotopic (exact) mass is 339 g/mol. The predicted octanol–water partition coefficient (Wildman–Crippen LogP) is 2.59. The van der Waals surface area contributed by atoms with Gasteiger partial charge in [-0.05, 0) is 30.9 Å². The Morgan fingerprint density at radius 3 is 2.82 bits per heavy atom. The highest BCUT2D eigenvalue weighted by Crippen LogP contribution is 2.31. The lowest BCUT2D eigenvalue weighted by molar-refractivity contribution is 0.211. The summed E-state index contributed by atoms with van der Waals surface area (Å²) in [5, 5.41) is 1.50. The van der Waals surface area contributed by atoms with Crippen molar-refractivity contribution in [3.63, 3.8) is 0 Å². The summed E-state index contributed by atoms with van der Waals surface area (Å²) in [6.07, 6.45) is 2.52. The van der Waals surface area contributed by atoms with E-state index in [0.717, 1.165) is 6.42 Å². The molecule has 1 saturated heterocycles. The maximum absolute atomic E-state index is 13.0. The first-order valence-electron chi connectivity index (χ1n) is 7.22. The van der Waals surface area contributed by atoms with Crippen molar-refractivity contribution >= 4 is 32.4 Å². The van der Waals surface area contributed by atoms with Crippen molar-refractivity contribution in [2.45, 2.75) is 30.8 Å². The minimum Gasteiger partial charge on any atom is -0.315 e. The SMILES string of the molecule is CC1CCN(S(=O)(=O)c2cccc3c(Cl)nccc23)C(N)C1. The largest absolute Gasteiger partial charge is 0.315 e. The Hall–Kier alpha value is -1.21. The molecular formula is C15H18ClN3O2S. The van der Waals surface area contributed by atoms with E-state index in [2.05, 4.69) is 11.9 Å². The highest BCUT2D eigenvalue weighted by Gasteiger charge is 2.34. The quantitative estimate of drug-likeness (QED) is 0.853. The number of fused-ring (bicyclic) bond motifs is 1. The van der Waals surface area contributed by atoms with Gasteiger partial charge in [-0.3, -0.25) is 0 Å². The standard InChI is InChI=1S/C15H18ClN3O2S/c1-10-6-8-19(14(17)9-10)22(20,21)13-4-2-3-12-11(13)5-7-18-15(12)16/h2-5,7,10,14H,6,8-9,17H2,1H3. The summed E-state index contributed by atoms with van der Waals surface area (Å²) in [6.45, 7) is 2.53. The summed E-state index contributed by atoms with van der Waals surface area (Å²) in [5.74, 6) is 0.438. The fraction of sp³-hybridized carbons (Fsp3) is 0.400. The summed E-state index contributed by atoms with van der Waals surface area (Å²) in [6, 6.07) is 6.72. The lowest BCUT2D eigenvalue weighted by atomic mass is 9.99. The van der Waals surface area contributed by atoms with Gasteiger partial charge in [0.2, 0.25) is 10.0 Å². The molecule has 0 amide bonds. The molecule has 1 aliphatic heterocycles. The van der Waals surface area contributed by atoms with Gasteiger partial charge in [0.25, 0.3) is 0 Å². The van der Waals surface area contributed by atoms with E-state index in [-0.39, 0.29) is 4.90 Å². The fourth-order valence-corrected chi connectivity index (χ4v) is 4.92. The van der Waals surface area contributed by atoms with Crippen LogP contribution in [0.25, 0.3) is 10.8 Å². The highest BCUT2D eigenvalue weighted by molar-refractivity contribution is 7.89. The predicted molar refractivity (Wildman–Crippen MR) is 87.0 cm³/mol. The van der Waals surface area contributed by atoms with Crippen LogP contribution in [0.3, 0.4) is 0 Å². The van der Waals surface area contributed by atoms with Crippen molar-refractivity contribution < 1.29 is 8.42 Å². The third-order valence-corrected chi connectivity index (χ3v) is 6.44. The summed E-state index contributed by atoms with van der Waals surface area (Å²) >= 11 is 6.07. The number of halogens is 1. The first kappa shape index (κ1) is 15.7. The van der Waals surface area contributed by atoms with E-state index in [0.29, 0.717) is 34.8 Å². The maximum Gasteiger partial charge on any atom is 0.245 e. The first-order chi connectivity index (χ1) is 10.4. The summed E-state index contributed by atoms with van der Waals surface area (Å²) in [7, 11) is -3.66. The lowest BCUT2D eigenvalue weighted by Gasteiger charge is -2.35. The molecule has 3 rings (SSSR count). The molecule has 0 radical (unpaired) electrons. The smallest absolute Gasteiger partial charge is 0.245 e. The molecule has 1 aromatic carbocycles. The van der Waals surface area contributed by atoms with Crippen LogP contribution < -0.4 is 5.73 Å². The van der Waals surface area contributed by atoms with Crippen LogP contribution in [0.2, 0.25) is 5.15 Å². The van der Waals surface area contributed by atoms with E-state index in [4.69, 9.17) is 17.3 Å². The maximum atomic E-state index is 13.0. The van der Waals surface area contributed by atoms with Gasteiger partial charge in [-0.25, -0.2) is 13.4 Å². The molecule has 1 aliphatic rings. The molecule has 22 heavy (non-hydrogen) atoms. The lowest BCUT2D eigenvalue weighted by Crippen LogP contribution is -2.50. The number of sulfonamides is 1. The van der Waals surface area contributed by atoms with Crippen LogP contribution in [0.4, 0.5) is 0 Å². The van der Waals surface area contributed by atoms with Crippen LogP contribution in [0, 0.1) is 5.92 Å². The van der Waals surface area contributed by atoms with E-state index < -0.39 is 16.2 Å². The van der Waals surface area contributed by atoms with Gasteiger partial charge >= 0.3 is 0 Å². The molecule has 0 bridgehead atoms. The number of pyridine rings is 1. The van der Waals surface area contributed by atoms with Crippen molar-refractivity contribution in [2.75, 3.05) is 6.54 Å². The molecular weight excluding hydrogens is 322 g/mol. The van der Waals surface area contributed by atoms with Gasteiger partial charge in [-0.1, -0.05) is 30.7 Å². The van der Waals surface area contributed by atoms with Crippen molar-refractivity contribution in [1.82, 2.24) is 9.29 Å². The van der Waals surface area contributed by atoms with E-state index in [1.165, 1.54) is 10.5 Å². The van der Waals surface area contributed by atoms with Crippen LogP contribution in [-0.4, -0.2) is 30.4 Å². The molecule has 0 aliphatic carbocycles. The van der Waals surface area contributed by atoms with Crippen molar-refractivity contribution in [3.8, 4) is 0 Å². The molecule has 1 aromatic heterocycles. The Labute approximate surface area is 135 Å². The molecule has 7 heteroatoms. The number of hydrogen-bond acceptors (Lipinski definition) is 4. The molecule has 5 nitrogen and oxygen atoms in total. The van der Waals surface area contributed by atoms with E-state index in [9.17, 15) is 8.42 Å². The molecule has 118 valence electrons. The fourth-order valence-electron chi connectivity index (χ4n) is 2.95. The second kappa shape index (κ2) is 5.77. The van der Waals surface area contributed by atoms with E-state index in [1.807, 2.05) is 0 Å². The molecule has 1 fully saturated rings. The number of piperidine rings is 1. The zero-order chi connectivity index (χ0) is 15.9. The van der Waals surface area contributed by atoms with E-state index >= 15 is 0 Å². The Morgan fingerprint density at radius 1 is 1.32 bits per heavy atom. The van der Waals surface area contributed by atoms with Gasteiger partial charge < -0.3 is 5.73 Å². The minimum absolute atomic E-state index is 0.235. The summed E-state index contributed by atoms with van der Waals surface area (Å²) in [4.78, 5) is 4.24. The van der Waals surface area contributed by atoms with Crippen LogP contribution in [0.1, 0.15) is 19.8 Å². The first-order valence-corrected chi connectivity index (χ1v) is 9.03. The molecule has 2 heterocycles. The number of nitrogens with zero attached hydrogens (tertiary/aromatic N) is 2. The number of aromatic nitrogens is 1. The van der Waals surface area contributed by atoms with Crippen molar-refractivity contribution in [3.05, 3.63) is 35.6 Å². The minimum atomic E-state index is -3.66. The Balaban J connectivity index is 2.12. The average molecular weight is 340 g/mol. The number of benzene rings is 1. The Kier molecular flexibility index (Phi) is 4.11. The summed E-state index contributed by atoms with van der Waals surface area (Å²) < 4.78 is 27.4. The zero-order valence-corrected chi connectivity index (χ0v) is 13.8. The third kappa shape index (κ3) is 2.60.